The van der Waals surface area contributed by atoms with Gasteiger partial charge in [0.1, 0.15) is 6.61 Å². The average Bonchev–Trinajstić information content (AvgIpc) is 3.18. The second-order valence-corrected chi connectivity index (χ2v) is 18.3. The quantitative estimate of drug-likeness (QED) is 0.0428. The number of aliphatic hydroxyl groups is 3. The van der Waals surface area contributed by atoms with Gasteiger partial charge in [0.2, 0.25) is 0 Å². The maximum atomic E-state index is 15.9. The van der Waals surface area contributed by atoms with Crippen LogP contribution < -0.4 is 0 Å². The number of ether oxygens (including phenoxy) is 1. The summed E-state index contributed by atoms with van der Waals surface area (Å²) in [5.74, 6) is 0.818. The molecule has 5 nitrogen and oxygen atoms in total. The van der Waals surface area contributed by atoms with Gasteiger partial charge in [-0.05, 0) is 48.3 Å². The van der Waals surface area contributed by atoms with Crippen molar-refractivity contribution in [3.8, 4) is 0 Å². The maximum absolute atomic E-state index is 15.9. The van der Waals surface area contributed by atoms with Crippen LogP contribution in [-0.4, -0.2) is 47.7 Å². The van der Waals surface area contributed by atoms with Crippen LogP contribution in [0.1, 0.15) is 242 Å². The first kappa shape index (κ1) is 53.4. The summed E-state index contributed by atoms with van der Waals surface area (Å²) < 4.78 is 6.59. The zero-order valence-corrected chi connectivity index (χ0v) is 38.1. The predicted molar refractivity (Wildman–Crippen MR) is 234 cm³/mol. The van der Waals surface area contributed by atoms with E-state index in [4.69, 9.17) is 4.74 Å². The third-order valence-corrected chi connectivity index (χ3v) is 14.1. The molecule has 4 unspecified atom stereocenters. The molecule has 0 amide bonds. The van der Waals surface area contributed by atoms with Crippen molar-refractivity contribution in [2.45, 2.75) is 242 Å². The minimum atomic E-state index is -1.26. The fraction of sp³-hybridized carbons (Fsp3) is 0.980. The lowest BCUT2D eigenvalue weighted by Gasteiger charge is -2.61. The Morgan fingerprint density at radius 2 is 0.741 bits per heavy atom. The van der Waals surface area contributed by atoms with E-state index in [1.54, 1.807) is 0 Å². The van der Waals surface area contributed by atoms with Crippen molar-refractivity contribution in [3.05, 3.63) is 0 Å². The summed E-state index contributed by atoms with van der Waals surface area (Å²) in [6, 6.07) is 0. The van der Waals surface area contributed by atoms with E-state index in [0.29, 0.717) is 11.8 Å². The molecule has 0 aliphatic heterocycles. The van der Waals surface area contributed by atoms with Crippen LogP contribution in [0.4, 0.5) is 0 Å². The van der Waals surface area contributed by atoms with Gasteiger partial charge in [-0.1, -0.05) is 223 Å². The number of hydrogen-bond donors (Lipinski definition) is 3. The first-order valence-electron chi connectivity index (χ1n) is 24.0. The Morgan fingerprint density at radius 1 is 0.444 bits per heavy atom. The highest BCUT2D eigenvalue weighted by Gasteiger charge is 2.65. The molecule has 0 aromatic heterocycles. The first-order valence-corrected chi connectivity index (χ1v) is 24.0. The molecule has 0 aromatic rings. The molecular weight excluding hydrogens is 669 g/mol. The van der Waals surface area contributed by atoms with Gasteiger partial charge in [0, 0.05) is 0 Å². The van der Waals surface area contributed by atoms with Crippen molar-refractivity contribution in [2.24, 2.45) is 39.9 Å². The highest BCUT2D eigenvalue weighted by molar-refractivity contribution is 5.79. The van der Waals surface area contributed by atoms with Gasteiger partial charge < -0.3 is 20.1 Å². The Labute approximate surface area is 338 Å². The predicted octanol–water partition coefficient (Wildman–Crippen LogP) is 14.0. The maximum Gasteiger partial charge on any atom is 0.313 e. The average molecular weight is 767 g/mol. The van der Waals surface area contributed by atoms with E-state index in [1.807, 2.05) is 0 Å². The third kappa shape index (κ3) is 17.1. The number of esters is 1. The van der Waals surface area contributed by atoms with Gasteiger partial charge in [-0.2, -0.15) is 0 Å². The van der Waals surface area contributed by atoms with E-state index >= 15 is 4.79 Å². The van der Waals surface area contributed by atoms with Crippen LogP contribution in [0.5, 0.6) is 0 Å². The third-order valence-electron chi connectivity index (χ3n) is 14.1. The van der Waals surface area contributed by atoms with Crippen molar-refractivity contribution >= 4 is 5.97 Å². The van der Waals surface area contributed by atoms with Crippen molar-refractivity contribution < 1.29 is 24.9 Å². The number of aliphatic hydroxyl groups excluding tert-OH is 3. The largest absolute Gasteiger partial charge is 0.464 e. The molecule has 0 radical (unpaired) electrons. The SMILES string of the molecule is CCCCCCCCCC(C(C)CCCCCC)(C(C)CCCCCC)C(C(=O)OCC(CO)(CO)CO)(C(C)CCCCCC)C(C)CCCCCC. The van der Waals surface area contributed by atoms with E-state index in [-0.39, 0.29) is 29.8 Å². The number of rotatable bonds is 39. The van der Waals surface area contributed by atoms with Gasteiger partial charge >= 0.3 is 5.97 Å². The summed E-state index contributed by atoms with van der Waals surface area (Å²) in [6.07, 6.45) is 33.3. The molecule has 3 N–H and O–H groups in total. The molecule has 0 saturated heterocycles. The van der Waals surface area contributed by atoms with E-state index in [9.17, 15) is 15.3 Å². The van der Waals surface area contributed by atoms with E-state index in [1.165, 1.54) is 128 Å². The molecule has 0 bridgehead atoms. The second kappa shape index (κ2) is 32.3. The lowest BCUT2D eigenvalue weighted by molar-refractivity contribution is -0.205. The molecule has 0 heterocycles. The Hall–Kier alpha value is -0.650. The summed E-state index contributed by atoms with van der Waals surface area (Å²) in [5, 5.41) is 31.1. The van der Waals surface area contributed by atoms with Crippen LogP contribution in [0.2, 0.25) is 0 Å². The molecule has 0 fully saturated rings. The number of carbonyl (C=O) groups excluding carboxylic acids is 1. The summed E-state index contributed by atoms with van der Waals surface area (Å²) in [6.45, 7) is 19.8. The topological polar surface area (TPSA) is 87.0 Å². The van der Waals surface area contributed by atoms with Gasteiger partial charge in [0.05, 0.1) is 30.7 Å². The molecule has 4 atom stereocenters. The molecule has 0 rings (SSSR count). The molecule has 0 aliphatic rings. The van der Waals surface area contributed by atoms with Crippen molar-refractivity contribution in [3.63, 3.8) is 0 Å². The van der Waals surface area contributed by atoms with Gasteiger partial charge in [-0.25, -0.2) is 0 Å². The van der Waals surface area contributed by atoms with Gasteiger partial charge in [0.25, 0.3) is 0 Å². The Balaban J connectivity index is 7.86. The van der Waals surface area contributed by atoms with Crippen LogP contribution in [0.25, 0.3) is 0 Å². The molecule has 324 valence electrons. The Morgan fingerprint density at radius 3 is 1.07 bits per heavy atom. The van der Waals surface area contributed by atoms with Crippen molar-refractivity contribution in [2.75, 3.05) is 26.4 Å². The van der Waals surface area contributed by atoms with Crippen LogP contribution in [0.3, 0.4) is 0 Å². The molecule has 5 heteroatoms. The van der Waals surface area contributed by atoms with Crippen LogP contribution in [0.15, 0.2) is 0 Å². The molecule has 0 saturated carbocycles. The van der Waals surface area contributed by atoms with E-state index in [0.717, 1.165) is 51.4 Å². The summed E-state index contributed by atoms with van der Waals surface area (Å²) >= 11 is 0. The van der Waals surface area contributed by atoms with E-state index in [2.05, 4.69) is 62.3 Å². The van der Waals surface area contributed by atoms with Crippen molar-refractivity contribution in [1.82, 2.24) is 0 Å². The Bertz CT molecular complexity index is 809. The highest BCUT2D eigenvalue weighted by Crippen LogP contribution is 2.65. The Kier molecular flexibility index (Phi) is 31.9. The van der Waals surface area contributed by atoms with Crippen molar-refractivity contribution in [1.29, 1.82) is 0 Å². The van der Waals surface area contributed by atoms with Crippen LogP contribution in [-0.2, 0) is 9.53 Å². The summed E-state index contributed by atoms with van der Waals surface area (Å²) in [7, 11) is 0. The number of unbranched alkanes of at least 4 members (excludes halogenated alkanes) is 18. The van der Waals surface area contributed by atoms with Gasteiger partial charge in [-0.15, -0.1) is 0 Å². The molecule has 0 aliphatic carbocycles. The molecular formula is C49H98O5. The zero-order chi connectivity index (χ0) is 40.7. The lowest BCUT2D eigenvalue weighted by Crippen LogP contribution is -2.62. The fourth-order valence-electron chi connectivity index (χ4n) is 10.5. The second-order valence-electron chi connectivity index (χ2n) is 18.3. The first-order chi connectivity index (χ1) is 26.0. The fourth-order valence-corrected chi connectivity index (χ4v) is 10.5. The highest BCUT2D eigenvalue weighted by atomic mass is 16.5. The molecule has 0 spiro atoms. The minimum absolute atomic E-state index is 0.114. The summed E-state index contributed by atoms with van der Waals surface area (Å²) in [4.78, 5) is 15.9. The van der Waals surface area contributed by atoms with Crippen LogP contribution >= 0.6 is 0 Å². The monoisotopic (exact) mass is 767 g/mol. The van der Waals surface area contributed by atoms with Gasteiger partial charge in [0.15, 0.2) is 0 Å². The minimum Gasteiger partial charge on any atom is -0.464 e. The van der Waals surface area contributed by atoms with E-state index < -0.39 is 30.7 Å². The molecule has 54 heavy (non-hydrogen) atoms. The standard InChI is InChI=1S/C49H98O5/c1-10-15-20-25-26-27-32-37-48(42(6)33-28-21-16-11-2,43(7)34-29-22-17-12-3)49(44(8)35-30-23-18-13-4,45(9)36-31-24-19-14-5)46(53)54-41-47(38-50,39-51)40-52/h42-45,50-52H,10-41H2,1-9H3. The summed E-state index contributed by atoms with van der Waals surface area (Å²) in [5.41, 5.74) is -2.25. The lowest BCUT2D eigenvalue weighted by atomic mass is 9.42. The number of carbonyl (C=O) groups is 1. The normalized spacial score (nSPS) is 16.7. The zero-order valence-electron chi connectivity index (χ0n) is 38.1. The van der Waals surface area contributed by atoms with Crippen LogP contribution in [0, 0.1) is 39.9 Å². The molecule has 0 aromatic carbocycles. The van der Waals surface area contributed by atoms with Gasteiger partial charge in [-0.3, -0.25) is 4.79 Å². The number of hydrogen-bond acceptors (Lipinski definition) is 5. The smallest absolute Gasteiger partial charge is 0.313 e.